The first-order valence-corrected chi connectivity index (χ1v) is 4.65. The lowest BCUT2D eigenvalue weighted by Crippen LogP contribution is -1.85. The molecule has 0 atom stereocenters. The molecule has 0 aliphatic heterocycles. The highest BCUT2D eigenvalue weighted by atomic mass is 14.6. The van der Waals surface area contributed by atoms with Crippen molar-refractivity contribution in [2.45, 2.75) is 20.3 Å². The maximum atomic E-state index is 4.32. The van der Waals surface area contributed by atoms with Crippen LogP contribution in [-0.4, -0.2) is 4.98 Å². The van der Waals surface area contributed by atoms with E-state index >= 15 is 0 Å². The van der Waals surface area contributed by atoms with Gasteiger partial charge in [0.25, 0.3) is 0 Å². The minimum Gasteiger partial charge on any atom is -0.256 e. The Morgan fingerprint density at radius 3 is 2.85 bits per heavy atom. The third kappa shape index (κ3) is 1.42. The molecule has 1 aromatic carbocycles. The summed E-state index contributed by atoms with van der Waals surface area (Å²) in [5, 5.41) is 1.28. The van der Waals surface area contributed by atoms with E-state index in [1.807, 2.05) is 6.20 Å². The molecule has 13 heavy (non-hydrogen) atoms. The van der Waals surface area contributed by atoms with E-state index in [1.165, 1.54) is 16.5 Å². The molecule has 1 heterocycles. The Morgan fingerprint density at radius 1 is 1.23 bits per heavy atom. The molecule has 1 nitrogen and oxygen atoms in total. The summed E-state index contributed by atoms with van der Waals surface area (Å²) in [4.78, 5) is 4.32. The molecular formula is C12H13N. The lowest BCUT2D eigenvalue weighted by Gasteiger charge is -2.02. The fourth-order valence-corrected chi connectivity index (χ4v) is 1.55. The summed E-state index contributed by atoms with van der Waals surface area (Å²) in [6, 6.07) is 8.54. The van der Waals surface area contributed by atoms with Crippen molar-refractivity contribution in [2.24, 2.45) is 0 Å². The van der Waals surface area contributed by atoms with Crippen LogP contribution in [0.25, 0.3) is 10.9 Å². The fourth-order valence-electron chi connectivity index (χ4n) is 1.55. The zero-order chi connectivity index (χ0) is 9.26. The van der Waals surface area contributed by atoms with Gasteiger partial charge in [-0.05, 0) is 42.7 Å². The number of hydrogen-bond donors (Lipinski definition) is 0. The Hall–Kier alpha value is -1.37. The highest BCUT2D eigenvalue weighted by molar-refractivity contribution is 5.82. The van der Waals surface area contributed by atoms with Gasteiger partial charge >= 0.3 is 0 Å². The van der Waals surface area contributed by atoms with Crippen molar-refractivity contribution in [1.82, 2.24) is 4.98 Å². The highest BCUT2D eigenvalue weighted by Crippen LogP contribution is 2.17. The maximum Gasteiger partial charge on any atom is 0.0704 e. The number of pyridine rings is 1. The number of nitrogens with zero attached hydrogens (tertiary/aromatic N) is 1. The van der Waals surface area contributed by atoms with Crippen LogP contribution in [0.15, 0.2) is 30.5 Å². The van der Waals surface area contributed by atoms with E-state index in [-0.39, 0.29) is 0 Å². The lowest BCUT2D eigenvalue weighted by atomic mass is 10.1. The van der Waals surface area contributed by atoms with E-state index in [9.17, 15) is 0 Å². The van der Waals surface area contributed by atoms with Gasteiger partial charge in [-0.15, -0.1) is 0 Å². The molecule has 0 N–H and O–H groups in total. The van der Waals surface area contributed by atoms with Crippen molar-refractivity contribution in [1.29, 1.82) is 0 Å². The van der Waals surface area contributed by atoms with Gasteiger partial charge in [-0.1, -0.05) is 13.0 Å². The van der Waals surface area contributed by atoms with E-state index in [1.54, 1.807) is 0 Å². The van der Waals surface area contributed by atoms with Crippen LogP contribution in [0.1, 0.15) is 18.1 Å². The Morgan fingerprint density at radius 2 is 2.08 bits per heavy atom. The quantitative estimate of drug-likeness (QED) is 0.642. The predicted octanol–water partition coefficient (Wildman–Crippen LogP) is 3.11. The third-order valence-corrected chi connectivity index (χ3v) is 2.43. The van der Waals surface area contributed by atoms with Crippen molar-refractivity contribution in [3.05, 3.63) is 41.6 Å². The summed E-state index contributed by atoms with van der Waals surface area (Å²) >= 11 is 0. The molecule has 2 rings (SSSR count). The number of fused-ring (bicyclic) bond motifs is 1. The monoisotopic (exact) mass is 171 g/mol. The van der Waals surface area contributed by atoms with Crippen molar-refractivity contribution in [3.63, 3.8) is 0 Å². The summed E-state index contributed by atoms with van der Waals surface area (Å²) in [7, 11) is 0. The lowest BCUT2D eigenvalue weighted by molar-refractivity contribution is 1.14. The third-order valence-electron chi connectivity index (χ3n) is 2.43. The van der Waals surface area contributed by atoms with Gasteiger partial charge in [-0.3, -0.25) is 4.98 Å². The van der Waals surface area contributed by atoms with Crippen molar-refractivity contribution in [2.75, 3.05) is 0 Å². The summed E-state index contributed by atoms with van der Waals surface area (Å²) in [6.07, 6.45) is 2.95. The molecule has 0 aliphatic carbocycles. The number of rotatable bonds is 1. The summed E-state index contributed by atoms with van der Waals surface area (Å²) in [5.41, 5.74) is 3.78. The molecule has 0 fully saturated rings. The second-order valence-corrected chi connectivity index (χ2v) is 3.33. The Bertz CT molecular complexity index is 432. The van der Waals surface area contributed by atoms with Crippen LogP contribution in [0.3, 0.4) is 0 Å². The first kappa shape index (κ1) is 8.24. The molecule has 2 aromatic rings. The first-order chi connectivity index (χ1) is 6.31. The molecule has 0 unspecified atom stereocenters. The first-order valence-electron chi connectivity index (χ1n) is 4.65. The molecule has 0 saturated heterocycles. The van der Waals surface area contributed by atoms with Crippen LogP contribution in [0.2, 0.25) is 0 Å². The molecule has 0 radical (unpaired) electrons. The van der Waals surface area contributed by atoms with Gasteiger partial charge < -0.3 is 0 Å². The number of aromatic nitrogens is 1. The molecule has 1 aromatic heterocycles. The molecule has 1 heteroatoms. The van der Waals surface area contributed by atoms with Crippen LogP contribution in [-0.2, 0) is 6.42 Å². The molecular weight excluding hydrogens is 158 g/mol. The van der Waals surface area contributed by atoms with Crippen molar-refractivity contribution >= 4 is 10.9 Å². The Balaban J connectivity index is 2.74. The van der Waals surface area contributed by atoms with E-state index in [0.717, 1.165) is 11.9 Å². The Labute approximate surface area is 78.4 Å². The highest BCUT2D eigenvalue weighted by Gasteiger charge is 1.98. The zero-order valence-corrected chi connectivity index (χ0v) is 8.04. The minimum absolute atomic E-state index is 1.09. The van der Waals surface area contributed by atoms with Gasteiger partial charge in [0.2, 0.25) is 0 Å². The van der Waals surface area contributed by atoms with Crippen LogP contribution in [0.4, 0.5) is 0 Å². The topological polar surface area (TPSA) is 12.9 Å². The second-order valence-electron chi connectivity index (χ2n) is 3.33. The van der Waals surface area contributed by atoms with Gasteiger partial charge in [-0.25, -0.2) is 0 Å². The average molecular weight is 171 g/mol. The fraction of sp³-hybridized carbons (Fsp3) is 0.250. The molecule has 0 aliphatic rings. The minimum atomic E-state index is 1.09. The van der Waals surface area contributed by atoms with E-state index in [0.29, 0.717) is 0 Å². The summed E-state index contributed by atoms with van der Waals surface area (Å²) in [6.45, 7) is 4.30. The Kier molecular flexibility index (Phi) is 2.01. The normalized spacial score (nSPS) is 10.6. The number of benzene rings is 1. The molecule has 0 saturated carbocycles. The number of hydrogen-bond acceptors (Lipinski definition) is 1. The summed E-state index contributed by atoms with van der Waals surface area (Å²) in [5.74, 6) is 0. The van der Waals surface area contributed by atoms with Crippen LogP contribution >= 0.6 is 0 Å². The van der Waals surface area contributed by atoms with E-state index < -0.39 is 0 Å². The number of aryl methyl sites for hydroxylation is 2. The van der Waals surface area contributed by atoms with Crippen molar-refractivity contribution < 1.29 is 0 Å². The molecule has 0 bridgehead atoms. The molecule has 0 spiro atoms. The van der Waals surface area contributed by atoms with Crippen molar-refractivity contribution in [3.8, 4) is 0 Å². The van der Waals surface area contributed by atoms with E-state index in [2.05, 4.69) is 43.1 Å². The predicted molar refractivity (Wildman–Crippen MR) is 55.9 cm³/mol. The van der Waals surface area contributed by atoms with Gasteiger partial charge in [0.05, 0.1) is 5.52 Å². The van der Waals surface area contributed by atoms with Gasteiger partial charge in [0.15, 0.2) is 0 Å². The van der Waals surface area contributed by atoms with E-state index in [4.69, 9.17) is 0 Å². The largest absolute Gasteiger partial charge is 0.256 e. The van der Waals surface area contributed by atoms with Gasteiger partial charge in [0.1, 0.15) is 0 Å². The van der Waals surface area contributed by atoms with Gasteiger partial charge in [-0.2, -0.15) is 0 Å². The zero-order valence-electron chi connectivity index (χ0n) is 8.04. The smallest absolute Gasteiger partial charge is 0.0704 e. The standard InChI is InChI=1S/C12H13N/c1-3-10-4-5-12-11(8-10)9(2)6-7-13-12/h4-8H,3H2,1-2H3. The molecule has 0 amide bonds. The average Bonchev–Trinajstić information content (AvgIpc) is 2.18. The summed E-state index contributed by atoms with van der Waals surface area (Å²) < 4.78 is 0. The van der Waals surface area contributed by atoms with Gasteiger partial charge in [0, 0.05) is 11.6 Å². The SMILES string of the molecule is CCc1ccc2nccc(C)c2c1. The van der Waals surface area contributed by atoms with Crippen LogP contribution < -0.4 is 0 Å². The molecule has 66 valence electrons. The van der Waals surface area contributed by atoms with Crippen LogP contribution in [0, 0.1) is 6.92 Å². The maximum absolute atomic E-state index is 4.32. The van der Waals surface area contributed by atoms with Crippen LogP contribution in [0.5, 0.6) is 0 Å². The second kappa shape index (κ2) is 3.17.